The third-order valence-electron chi connectivity index (χ3n) is 2.40. The lowest BCUT2D eigenvalue weighted by Gasteiger charge is -2.04. The highest BCUT2D eigenvalue weighted by molar-refractivity contribution is 7.88. The van der Waals surface area contributed by atoms with Crippen molar-refractivity contribution in [3.05, 3.63) is 60.2 Å². The lowest BCUT2D eigenvalue weighted by atomic mass is 10.0. The molecular weight excluding hydrogens is 234 g/mol. The van der Waals surface area contributed by atoms with Crippen molar-refractivity contribution in [2.24, 2.45) is 5.14 Å². The summed E-state index contributed by atoms with van der Waals surface area (Å²) in [5, 5.41) is 5.03. The van der Waals surface area contributed by atoms with Crippen molar-refractivity contribution in [3.8, 4) is 11.1 Å². The summed E-state index contributed by atoms with van der Waals surface area (Å²) in [6, 6.07) is 17.2. The van der Waals surface area contributed by atoms with Crippen LogP contribution in [0.1, 0.15) is 5.56 Å². The van der Waals surface area contributed by atoms with E-state index in [0.717, 1.165) is 11.1 Å². The molecule has 2 rings (SSSR count). The highest BCUT2D eigenvalue weighted by Crippen LogP contribution is 2.20. The van der Waals surface area contributed by atoms with Gasteiger partial charge in [0, 0.05) is 0 Å². The van der Waals surface area contributed by atoms with Gasteiger partial charge in [-0.05, 0) is 16.7 Å². The standard InChI is InChI=1S/C13H13NO2S/c14-17(15,16)10-11-5-4-8-13(9-11)12-6-2-1-3-7-12/h1-9H,10H2,(H2,14,15,16). The number of nitrogens with two attached hydrogens (primary N) is 1. The predicted molar refractivity (Wildman–Crippen MR) is 68.7 cm³/mol. The predicted octanol–water partition coefficient (Wildman–Crippen LogP) is 2.14. The average Bonchev–Trinajstić information content (AvgIpc) is 2.28. The Morgan fingerprint density at radius 3 is 2.18 bits per heavy atom. The monoisotopic (exact) mass is 247 g/mol. The maximum absolute atomic E-state index is 11.0. The fourth-order valence-corrected chi connectivity index (χ4v) is 2.35. The SMILES string of the molecule is NS(=O)(=O)Cc1cccc(-c2ccccc2)c1. The fourth-order valence-electron chi connectivity index (χ4n) is 1.70. The first-order valence-corrected chi connectivity index (χ1v) is 6.91. The van der Waals surface area contributed by atoms with Crippen LogP contribution >= 0.6 is 0 Å². The van der Waals surface area contributed by atoms with Gasteiger partial charge in [-0.2, -0.15) is 0 Å². The minimum Gasteiger partial charge on any atom is -0.228 e. The molecule has 0 aliphatic carbocycles. The summed E-state index contributed by atoms with van der Waals surface area (Å²) in [5.41, 5.74) is 2.75. The number of hydrogen-bond acceptors (Lipinski definition) is 2. The number of hydrogen-bond donors (Lipinski definition) is 1. The third-order valence-corrected chi connectivity index (χ3v) is 3.14. The summed E-state index contributed by atoms with van der Waals surface area (Å²) in [5.74, 6) is -0.131. The summed E-state index contributed by atoms with van der Waals surface area (Å²) in [6.45, 7) is 0. The average molecular weight is 247 g/mol. The molecule has 4 heteroatoms. The zero-order chi connectivity index (χ0) is 12.3. The Morgan fingerprint density at radius 1 is 0.882 bits per heavy atom. The van der Waals surface area contributed by atoms with Crippen LogP contribution in [-0.2, 0) is 15.8 Å². The van der Waals surface area contributed by atoms with Crippen molar-refractivity contribution in [2.75, 3.05) is 0 Å². The Hall–Kier alpha value is -1.65. The van der Waals surface area contributed by atoms with E-state index in [1.54, 1.807) is 6.07 Å². The Kier molecular flexibility index (Phi) is 3.26. The van der Waals surface area contributed by atoms with E-state index in [0.29, 0.717) is 5.56 Å². The van der Waals surface area contributed by atoms with Crippen LogP contribution in [0.15, 0.2) is 54.6 Å². The van der Waals surface area contributed by atoms with E-state index in [4.69, 9.17) is 5.14 Å². The molecule has 0 aliphatic heterocycles. The fraction of sp³-hybridized carbons (Fsp3) is 0.0769. The Balaban J connectivity index is 2.36. The molecule has 0 aliphatic rings. The first kappa shape index (κ1) is 11.8. The van der Waals surface area contributed by atoms with Crippen LogP contribution in [0.25, 0.3) is 11.1 Å². The van der Waals surface area contributed by atoms with Gasteiger partial charge in [-0.25, -0.2) is 13.6 Å². The van der Waals surface area contributed by atoms with E-state index in [-0.39, 0.29) is 5.75 Å². The smallest absolute Gasteiger partial charge is 0.213 e. The summed E-state index contributed by atoms with van der Waals surface area (Å²) in [4.78, 5) is 0. The van der Waals surface area contributed by atoms with Crippen LogP contribution in [0.2, 0.25) is 0 Å². The minimum absolute atomic E-state index is 0.131. The highest BCUT2D eigenvalue weighted by atomic mass is 32.2. The largest absolute Gasteiger partial charge is 0.228 e. The molecule has 0 amide bonds. The molecule has 0 heterocycles. The van der Waals surface area contributed by atoms with E-state index >= 15 is 0 Å². The molecule has 2 aromatic carbocycles. The summed E-state index contributed by atoms with van der Waals surface area (Å²) in [6.07, 6.45) is 0. The minimum atomic E-state index is -3.48. The number of benzene rings is 2. The molecule has 0 saturated heterocycles. The molecule has 0 spiro atoms. The van der Waals surface area contributed by atoms with Gasteiger partial charge in [0.15, 0.2) is 0 Å². The number of sulfonamides is 1. The van der Waals surface area contributed by atoms with E-state index in [9.17, 15) is 8.42 Å². The molecule has 0 atom stereocenters. The molecule has 0 fully saturated rings. The number of rotatable bonds is 3. The maximum Gasteiger partial charge on any atom is 0.213 e. The second-order valence-corrected chi connectivity index (χ2v) is 5.49. The van der Waals surface area contributed by atoms with Crippen molar-refractivity contribution >= 4 is 10.0 Å². The van der Waals surface area contributed by atoms with Crippen LogP contribution < -0.4 is 5.14 Å². The zero-order valence-electron chi connectivity index (χ0n) is 9.21. The topological polar surface area (TPSA) is 60.2 Å². The molecule has 88 valence electrons. The van der Waals surface area contributed by atoms with Crippen molar-refractivity contribution in [1.29, 1.82) is 0 Å². The molecule has 2 N–H and O–H groups in total. The van der Waals surface area contributed by atoms with Crippen LogP contribution in [0, 0.1) is 0 Å². The maximum atomic E-state index is 11.0. The van der Waals surface area contributed by atoms with Crippen molar-refractivity contribution < 1.29 is 8.42 Å². The third kappa shape index (κ3) is 3.41. The summed E-state index contributed by atoms with van der Waals surface area (Å²) < 4.78 is 22.1. The quantitative estimate of drug-likeness (QED) is 0.903. The van der Waals surface area contributed by atoms with Gasteiger partial charge in [0.1, 0.15) is 0 Å². The Morgan fingerprint density at radius 2 is 1.53 bits per heavy atom. The van der Waals surface area contributed by atoms with Gasteiger partial charge in [0.25, 0.3) is 0 Å². The normalized spacial score (nSPS) is 11.4. The zero-order valence-corrected chi connectivity index (χ0v) is 10.0. The van der Waals surface area contributed by atoms with Crippen LogP contribution in [0.5, 0.6) is 0 Å². The van der Waals surface area contributed by atoms with Gasteiger partial charge in [0.05, 0.1) is 5.75 Å². The van der Waals surface area contributed by atoms with Gasteiger partial charge >= 0.3 is 0 Å². The second kappa shape index (κ2) is 4.69. The second-order valence-electron chi connectivity index (χ2n) is 3.87. The van der Waals surface area contributed by atoms with E-state index in [1.165, 1.54) is 0 Å². The summed E-state index contributed by atoms with van der Waals surface area (Å²) >= 11 is 0. The molecule has 0 saturated carbocycles. The lowest BCUT2D eigenvalue weighted by molar-refractivity contribution is 0.597. The molecule has 17 heavy (non-hydrogen) atoms. The Labute approximate surface area is 101 Å². The molecule has 0 aromatic heterocycles. The molecule has 0 unspecified atom stereocenters. The van der Waals surface area contributed by atoms with Gasteiger partial charge in [-0.15, -0.1) is 0 Å². The van der Waals surface area contributed by atoms with E-state index in [1.807, 2.05) is 48.5 Å². The molecule has 0 radical (unpaired) electrons. The number of primary sulfonamides is 1. The van der Waals surface area contributed by atoms with Gasteiger partial charge in [0.2, 0.25) is 10.0 Å². The van der Waals surface area contributed by atoms with Crippen LogP contribution in [0.3, 0.4) is 0 Å². The van der Waals surface area contributed by atoms with Crippen LogP contribution in [-0.4, -0.2) is 8.42 Å². The van der Waals surface area contributed by atoms with Crippen molar-refractivity contribution in [3.63, 3.8) is 0 Å². The Bertz CT molecular complexity index is 606. The van der Waals surface area contributed by atoms with Crippen LogP contribution in [0.4, 0.5) is 0 Å². The van der Waals surface area contributed by atoms with Gasteiger partial charge < -0.3 is 0 Å². The molecule has 0 bridgehead atoms. The molecule has 2 aromatic rings. The summed E-state index contributed by atoms with van der Waals surface area (Å²) in [7, 11) is -3.48. The van der Waals surface area contributed by atoms with Gasteiger partial charge in [-0.3, -0.25) is 0 Å². The first-order chi connectivity index (χ1) is 8.04. The molecule has 3 nitrogen and oxygen atoms in total. The van der Waals surface area contributed by atoms with Gasteiger partial charge in [-0.1, -0.05) is 54.6 Å². The lowest BCUT2D eigenvalue weighted by Crippen LogP contribution is -2.14. The molecular formula is C13H13NO2S. The first-order valence-electron chi connectivity index (χ1n) is 5.19. The highest BCUT2D eigenvalue weighted by Gasteiger charge is 2.05. The van der Waals surface area contributed by atoms with E-state index < -0.39 is 10.0 Å². The van der Waals surface area contributed by atoms with Crippen molar-refractivity contribution in [1.82, 2.24) is 0 Å². The van der Waals surface area contributed by atoms with Crippen molar-refractivity contribution in [2.45, 2.75) is 5.75 Å². The van der Waals surface area contributed by atoms with E-state index in [2.05, 4.69) is 0 Å².